The molecule has 182 valence electrons. The number of aliphatic hydroxyl groups is 4. The Labute approximate surface area is 183 Å². The summed E-state index contributed by atoms with van der Waals surface area (Å²) in [6, 6.07) is 0. The van der Waals surface area contributed by atoms with E-state index in [1.807, 2.05) is 13.8 Å². The Balaban J connectivity index is 1.86. The number of hydrogen-bond donors (Lipinski definition) is 4. The van der Waals surface area contributed by atoms with Crippen molar-refractivity contribution in [2.24, 2.45) is 17.8 Å². The standard InChI is InChI=1S/C21H38O10/c1-11-5-13(7-22)20(27-3)16(25)18(11)29-8-14(24)9-30-19-12(2)6-15(31-10-23)21(28-4)17(19)26/h10-22,24-26H,5-9H2,1-4H3/t11?,12?,13?,14?,15-,16-,17?,18-,19?,20-,21?/m1/s1. The highest BCUT2D eigenvalue weighted by molar-refractivity contribution is 5.37. The molecule has 10 heteroatoms. The van der Waals surface area contributed by atoms with Gasteiger partial charge < -0.3 is 44.1 Å². The highest BCUT2D eigenvalue weighted by Crippen LogP contribution is 2.34. The molecule has 0 radical (unpaired) electrons. The summed E-state index contributed by atoms with van der Waals surface area (Å²) in [6.45, 7) is 3.92. The van der Waals surface area contributed by atoms with E-state index in [-0.39, 0.29) is 37.6 Å². The van der Waals surface area contributed by atoms with Gasteiger partial charge in [0.1, 0.15) is 30.5 Å². The summed E-state index contributed by atoms with van der Waals surface area (Å²) < 4.78 is 27.2. The van der Waals surface area contributed by atoms with Crippen molar-refractivity contribution in [1.29, 1.82) is 0 Å². The van der Waals surface area contributed by atoms with Gasteiger partial charge in [0.05, 0.1) is 31.5 Å². The van der Waals surface area contributed by atoms with Crippen LogP contribution in [0.3, 0.4) is 0 Å². The Morgan fingerprint density at radius 3 is 1.90 bits per heavy atom. The van der Waals surface area contributed by atoms with Crippen LogP contribution in [0, 0.1) is 17.8 Å². The third-order valence-electron chi connectivity index (χ3n) is 6.55. The van der Waals surface area contributed by atoms with Gasteiger partial charge in [0, 0.05) is 26.7 Å². The van der Waals surface area contributed by atoms with Gasteiger partial charge in [-0.2, -0.15) is 0 Å². The van der Waals surface area contributed by atoms with Crippen molar-refractivity contribution < 1.29 is 48.9 Å². The molecule has 0 aromatic heterocycles. The maximum Gasteiger partial charge on any atom is 0.293 e. The molecule has 2 saturated carbocycles. The van der Waals surface area contributed by atoms with Gasteiger partial charge in [0.25, 0.3) is 6.47 Å². The first-order chi connectivity index (χ1) is 14.8. The van der Waals surface area contributed by atoms with Crippen LogP contribution in [0.1, 0.15) is 26.7 Å². The fourth-order valence-electron chi connectivity index (χ4n) is 4.95. The fraction of sp³-hybridized carbons (Fsp3) is 0.952. The smallest absolute Gasteiger partial charge is 0.293 e. The predicted molar refractivity (Wildman–Crippen MR) is 108 cm³/mol. The predicted octanol–water partition coefficient (Wildman–Crippen LogP) is -0.901. The van der Waals surface area contributed by atoms with E-state index in [2.05, 4.69) is 0 Å². The van der Waals surface area contributed by atoms with Crippen LogP contribution in [-0.2, 0) is 28.5 Å². The van der Waals surface area contributed by atoms with Crippen molar-refractivity contribution in [3.8, 4) is 0 Å². The highest BCUT2D eigenvalue weighted by Gasteiger charge is 2.45. The number of carbonyl (C=O) groups excluding carboxylic acids is 1. The molecule has 4 N–H and O–H groups in total. The van der Waals surface area contributed by atoms with Gasteiger partial charge in [0.2, 0.25) is 0 Å². The average molecular weight is 451 g/mol. The van der Waals surface area contributed by atoms with Crippen molar-refractivity contribution >= 4 is 6.47 Å². The first-order valence-corrected chi connectivity index (χ1v) is 10.8. The Hall–Kier alpha value is -0.850. The molecule has 0 aromatic rings. The van der Waals surface area contributed by atoms with Crippen LogP contribution in [0.2, 0.25) is 0 Å². The lowest BCUT2D eigenvalue weighted by Gasteiger charge is -2.43. The zero-order valence-electron chi connectivity index (χ0n) is 18.7. The van der Waals surface area contributed by atoms with Crippen LogP contribution in [0.4, 0.5) is 0 Å². The van der Waals surface area contributed by atoms with E-state index < -0.39 is 48.8 Å². The molecule has 7 unspecified atom stereocenters. The van der Waals surface area contributed by atoms with Gasteiger partial charge in [-0.25, -0.2) is 0 Å². The summed E-state index contributed by atoms with van der Waals surface area (Å²) in [5, 5.41) is 41.0. The molecule has 2 rings (SSSR count). The molecule has 0 heterocycles. The highest BCUT2D eigenvalue weighted by atomic mass is 16.6. The van der Waals surface area contributed by atoms with E-state index in [1.165, 1.54) is 14.2 Å². The van der Waals surface area contributed by atoms with Crippen LogP contribution in [0.25, 0.3) is 0 Å². The molecule has 31 heavy (non-hydrogen) atoms. The van der Waals surface area contributed by atoms with E-state index in [1.54, 1.807) is 0 Å². The van der Waals surface area contributed by atoms with Crippen LogP contribution in [0.5, 0.6) is 0 Å². The summed E-state index contributed by atoms with van der Waals surface area (Å²) >= 11 is 0. The molecular weight excluding hydrogens is 412 g/mol. The van der Waals surface area contributed by atoms with Gasteiger partial charge in [-0.1, -0.05) is 13.8 Å². The monoisotopic (exact) mass is 450 g/mol. The Kier molecular flexibility index (Phi) is 10.6. The van der Waals surface area contributed by atoms with E-state index >= 15 is 0 Å². The maximum absolute atomic E-state index is 10.7. The minimum atomic E-state index is -1.02. The second kappa shape index (κ2) is 12.4. The molecule has 0 aromatic carbocycles. The molecule has 2 fully saturated rings. The first kappa shape index (κ1) is 26.4. The van der Waals surface area contributed by atoms with Crippen molar-refractivity contribution in [3.05, 3.63) is 0 Å². The minimum absolute atomic E-state index is 0.0240. The van der Waals surface area contributed by atoms with Gasteiger partial charge in [-0.05, 0) is 24.7 Å². The van der Waals surface area contributed by atoms with Gasteiger partial charge in [0.15, 0.2) is 0 Å². The molecule has 0 amide bonds. The number of ether oxygens (including phenoxy) is 5. The van der Waals surface area contributed by atoms with Crippen LogP contribution in [0.15, 0.2) is 0 Å². The van der Waals surface area contributed by atoms with Gasteiger partial charge >= 0.3 is 0 Å². The van der Waals surface area contributed by atoms with E-state index in [4.69, 9.17) is 23.7 Å². The Morgan fingerprint density at radius 2 is 1.42 bits per heavy atom. The average Bonchev–Trinajstić information content (AvgIpc) is 2.73. The minimum Gasteiger partial charge on any atom is -0.462 e. The molecule has 2 aliphatic rings. The maximum atomic E-state index is 10.7. The molecule has 10 nitrogen and oxygen atoms in total. The second-order valence-corrected chi connectivity index (χ2v) is 8.77. The lowest BCUT2D eigenvalue weighted by molar-refractivity contribution is -0.203. The zero-order valence-corrected chi connectivity index (χ0v) is 18.7. The summed E-state index contributed by atoms with van der Waals surface area (Å²) in [7, 11) is 2.91. The van der Waals surface area contributed by atoms with Crippen molar-refractivity contribution in [1.82, 2.24) is 0 Å². The van der Waals surface area contributed by atoms with E-state index in [0.29, 0.717) is 19.3 Å². The Morgan fingerprint density at radius 1 is 0.903 bits per heavy atom. The fourth-order valence-corrected chi connectivity index (χ4v) is 4.95. The largest absolute Gasteiger partial charge is 0.462 e. The molecule has 0 spiro atoms. The summed E-state index contributed by atoms with van der Waals surface area (Å²) in [5.41, 5.74) is 0. The van der Waals surface area contributed by atoms with E-state index in [0.717, 1.165) is 0 Å². The van der Waals surface area contributed by atoms with Crippen LogP contribution in [-0.4, -0.2) is 110 Å². The molecule has 0 bridgehead atoms. The van der Waals surface area contributed by atoms with Crippen LogP contribution >= 0.6 is 0 Å². The normalized spacial score (nSPS) is 42.2. The Bertz CT molecular complexity index is 534. The quantitative estimate of drug-likeness (QED) is 0.292. The summed E-state index contributed by atoms with van der Waals surface area (Å²) in [6.07, 6.45) is -4.78. The van der Waals surface area contributed by atoms with Gasteiger partial charge in [-0.15, -0.1) is 0 Å². The lowest BCUT2D eigenvalue weighted by Crippen LogP contribution is -2.56. The third-order valence-corrected chi connectivity index (χ3v) is 6.55. The molecule has 0 aliphatic heterocycles. The topological polar surface area (TPSA) is 144 Å². The third kappa shape index (κ3) is 6.35. The number of hydrogen-bond acceptors (Lipinski definition) is 10. The number of aliphatic hydroxyl groups excluding tert-OH is 4. The summed E-state index contributed by atoms with van der Waals surface area (Å²) in [5.74, 6) is -0.320. The lowest BCUT2D eigenvalue weighted by atomic mass is 9.76. The van der Waals surface area contributed by atoms with Gasteiger partial charge in [-0.3, -0.25) is 4.79 Å². The zero-order chi connectivity index (χ0) is 23.1. The number of carbonyl (C=O) groups is 1. The first-order valence-electron chi connectivity index (χ1n) is 10.8. The molecule has 2 aliphatic carbocycles. The van der Waals surface area contributed by atoms with Crippen molar-refractivity contribution in [2.45, 2.75) is 75.5 Å². The molecule has 0 saturated heterocycles. The molecular formula is C21H38O10. The number of rotatable bonds is 11. The second-order valence-electron chi connectivity index (χ2n) is 8.77. The van der Waals surface area contributed by atoms with E-state index in [9.17, 15) is 25.2 Å². The van der Waals surface area contributed by atoms with Crippen LogP contribution < -0.4 is 0 Å². The van der Waals surface area contributed by atoms with Crippen molar-refractivity contribution in [2.75, 3.05) is 34.0 Å². The SMILES string of the molecule is COC1C(O)C(OCC(O)CO[C@@H]2C(C)CC(CO)[C@@H](OC)[C@@H]2O)C(C)C[C@H]1OC=O. The molecule has 11 atom stereocenters. The summed E-state index contributed by atoms with van der Waals surface area (Å²) in [4.78, 5) is 10.7. The number of methoxy groups -OCH3 is 2. The van der Waals surface area contributed by atoms with Crippen molar-refractivity contribution in [3.63, 3.8) is 0 Å².